The molecule has 0 aromatic heterocycles. The lowest BCUT2D eigenvalue weighted by Gasteiger charge is -2.06. The van der Waals surface area contributed by atoms with Gasteiger partial charge in [-0.3, -0.25) is 0 Å². The molecule has 0 fully saturated rings. The molecular weight excluding hydrogens is 304 g/mol. The Morgan fingerprint density at radius 3 is 1.64 bits per heavy atom. The minimum Gasteiger partial charge on any atom is -0.457 e. The van der Waals surface area contributed by atoms with E-state index in [1.807, 2.05) is 24.3 Å². The van der Waals surface area contributed by atoms with Gasteiger partial charge in [0.1, 0.15) is 11.5 Å². The zero-order chi connectivity index (χ0) is 17.6. The van der Waals surface area contributed by atoms with Crippen LogP contribution in [-0.2, 0) is 0 Å². The lowest BCUT2D eigenvalue weighted by atomic mass is 10.1. The number of rotatable bonds is 3. The lowest BCUT2D eigenvalue weighted by Crippen LogP contribution is -1.85. The molecule has 1 aliphatic carbocycles. The molecule has 0 spiro atoms. The summed E-state index contributed by atoms with van der Waals surface area (Å²) in [6.45, 7) is 6.26. The van der Waals surface area contributed by atoms with E-state index in [9.17, 15) is 0 Å². The predicted octanol–water partition coefficient (Wildman–Crippen LogP) is 6.69. The summed E-state index contributed by atoms with van der Waals surface area (Å²) in [5, 5.41) is 0. The molecule has 4 rings (SSSR count). The number of benzene rings is 3. The topological polar surface area (TPSA) is 9.23 Å². The highest BCUT2D eigenvalue weighted by molar-refractivity contribution is 5.87. The van der Waals surface area contributed by atoms with Crippen LogP contribution in [0.2, 0.25) is 0 Å². The normalized spacial score (nSPS) is 11.9. The highest BCUT2D eigenvalue weighted by atomic mass is 16.5. The molecule has 0 atom stereocenters. The van der Waals surface area contributed by atoms with E-state index in [-0.39, 0.29) is 0 Å². The Hall–Kier alpha value is -2.80. The Labute approximate surface area is 150 Å². The van der Waals surface area contributed by atoms with Crippen molar-refractivity contribution in [2.24, 2.45) is 0 Å². The van der Waals surface area contributed by atoms with Gasteiger partial charge in [-0.2, -0.15) is 0 Å². The number of hydrogen-bond acceptors (Lipinski definition) is 1. The number of hydrogen-bond donors (Lipinski definition) is 0. The minimum absolute atomic E-state index is 0.876. The molecule has 0 amide bonds. The van der Waals surface area contributed by atoms with Crippen LogP contribution in [0.3, 0.4) is 0 Å². The summed E-state index contributed by atoms with van der Waals surface area (Å²) in [4.78, 5) is 0. The first-order valence-electron chi connectivity index (χ1n) is 8.53. The summed E-state index contributed by atoms with van der Waals surface area (Å²) in [7, 11) is 0. The van der Waals surface area contributed by atoms with Gasteiger partial charge in [0.2, 0.25) is 0 Å². The maximum absolute atomic E-state index is 5.81. The van der Waals surface area contributed by atoms with Crippen molar-refractivity contribution in [2.45, 2.75) is 20.8 Å². The van der Waals surface area contributed by atoms with Crippen LogP contribution in [0.4, 0.5) is 0 Å². The zero-order valence-corrected chi connectivity index (χ0v) is 15.0. The molecular formula is C24H23O. The average molecular weight is 327 g/mol. The maximum Gasteiger partial charge on any atom is 0.128 e. The van der Waals surface area contributed by atoms with Crippen LogP contribution in [0.25, 0.3) is 5.57 Å². The Bertz CT molecular complexity index is 834. The van der Waals surface area contributed by atoms with Crippen LogP contribution in [0, 0.1) is 27.2 Å². The first-order chi connectivity index (χ1) is 12.1. The van der Waals surface area contributed by atoms with Crippen molar-refractivity contribution in [1.29, 1.82) is 0 Å². The van der Waals surface area contributed by atoms with Crippen LogP contribution < -0.4 is 4.74 Å². The summed E-state index contributed by atoms with van der Waals surface area (Å²) < 4.78 is 5.81. The van der Waals surface area contributed by atoms with Gasteiger partial charge in [-0.1, -0.05) is 71.3 Å². The molecule has 0 heterocycles. The molecule has 0 bridgehead atoms. The summed E-state index contributed by atoms with van der Waals surface area (Å²) in [5.41, 5.74) is 6.41. The van der Waals surface area contributed by atoms with Crippen molar-refractivity contribution in [1.82, 2.24) is 0 Å². The largest absolute Gasteiger partial charge is 0.457 e. The Balaban J connectivity index is 0.000000192. The van der Waals surface area contributed by atoms with Crippen LogP contribution in [0.15, 0.2) is 78.9 Å². The van der Waals surface area contributed by atoms with Gasteiger partial charge in [-0.15, -0.1) is 0 Å². The summed E-state index contributed by atoms with van der Waals surface area (Å²) in [6.07, 6.45) is 4.20. The van der Waals surface area contributed by atoms with E-state index in [1.165, 1.54) is 27.8 Å². The molecule has 0 saturated heterocycles. The Kier molecular flexibility index (Phi) is 5.35. The fourth-order valence-corrected chi connectivity index (χ4v) is 2.35. The summed E-state index contributed by atoms with van der Waals surface area (Å²) in [5.74, 6) is 1.76. The standard InChI is InChI=1S/C16H13O.C8H10/c1-12-5-9-15(10-6-12)17-16-4-2-3-14(11-16)13-7-8-13;1-7-3-5-8(2)6-4-7/h2-11H,1H3;3-6H,1-2H3. The lowest BCUT2D eigenvalue weighted by molar-refractivity contribution is 0.482. The van der Waals surface area contributed by atoms with Crippen LogP contribution in [0.5, 0.6) is 11.5 Å². The quantitative estimate of drug-likeness (QED) is 0.520. The first kappa shape index (κ1) is 17.0. The van der Waals surface area contributed by atoms with Gasteiger partial charge < -0.3 is 4.74 Å². The van der Waals surface area contributed by atoms with Crippen LogP contribution in [-0.4, -0.2) is 0 Å². The maximum atomic E-state index is 5.81. The minimum atomic E-state index is 0.876. The fourth-order valence-electron chi connectivity index (χ4n) is 2.35. The molecule has 0 N–H and O–H groups in total. The highest BCUT2D eigenvalue weighted by Crippen LogP contribution is 2.32. The molecule has 0 unspecified atom stereocenters. The van der Waals surface area contributed by atoms with Crippen molar-refractivity contribution in [3.63, 3.8) is 0 Å². The number of aryl methyl sites for hydroxylation is 3. The first-order valence-corrected chi connectivity index (χ1v) is 8.53. The van der Waals surface area contributed by atoms with Crippen molar-refractivity contribution in [3.8, 4) is 11.5 Å². The van der Waals surface area contributed by atoms with E-state index >= 15 is 0 Å². The molecule has 1 radical (unpaired) electrons. The molecule has 1 nitrogen and oxygen atoms in total. The van der Waals surface area contributed by atoms with E-state index in [2.05, 4.69) is 81.8 Å². The number of ether oxygens (including phenoxy) is 1. The third-order valence-corrected chi connectivity index (χ3v) is 3.98. The third-order valence-electron chi connectivity index (χ3n) is 3.98. The monoisotopic (exact) mass is 327 g/mol. The molecule has 0 saturated carbocycles. The van der Waals surface area contributed by atoms with Gasteiger partial charge in [0.15, 0.2) is 0 Å². The van der Waals surface area contributed by atoms with Crippen LogP contribution in [0.1, 0.15) is 22.3 Å². The van der Waals surface area contributed by atoms with Gasteiger partial charge >= 0.3 is 0 Å². The van der Waals surface area contributed by atoms with Crippen molar-refractivity contribution >= 4 is 5.57 Å². The Morgan fingerprint density at radius 1 is 0.600 bits per heavy atom. The fraction of sp³-hybridized carbons (Fsp3) is 0.125. The molecule has 0 aliphatic heterocycles. The van der Waals surface area contributed by atoms with Crippen molar-refractivity contribution < 1.29 is 4.74 Å². The van der Waals surface area contributed by atoms with Crippen molar-refractivity contribution in [3.05, 3.63) is 108 Å². The molecule has 1 aliphatic rings. The highest BCUT2D eigenvalue weighted by Gasteiger charge is 2.11. The average Bonchev–Trinajstić information content (AvgIpc) is 3.46. The van der Waals surface area contributed by atoms with E-state index < -0.39 is 0 Å². The Morgan fingerprint density at radius 2 is 1.12 bits per heavy atom. The van der Waals surface area contributed by atoms with Gasteiger partial charge in [0.25, 0.3) is 0 Å². The van der Waals surface area contributed by atoms with Crippen molar-refractivity contribution in [2.75, 3.05) is 0 Å². The number of allylic oxidation sites excluding steroid dienone is 2. The molecule has 125 valence electrons. The van der Waals surface area contributed by atoms with Gasteiger partial charge in [0.05, 0.1) is 0 Å². The zero-order valence-electron chi connectivity index (χ0n) is 15.0. The smallest absolute Gasteiger partial charge is 0.128 e. The molecule has 25 heavy (non-hydrogen) atoms. The second kappa shape index (κ2) is 7.85. The summed E-state index contributed by atoms with van der Waals surface area (Å²) >= 11 is 0. The van der Waals surface area contributed by atoms with Gasteiger partial charge in [0, 0.05) is 6.42 Å². The van der Waals surface area contributed by atoms with Gasteiger partial charge in [-0.05, 0) is 56.2 Å². The second-order valence-electron chi connectivity index (χ2n) is 6.39. The summed E-state index contributed by atoms with van der Waals surface area (Å²) in [6, 6.07) is 24.7. The predicted molar refractivity (Wildman–Crippen MR) is 106 cm³/mol. The van der Waals surface area contributed by atoms with Gasteiger partial charge in [-0.25, -0.2) is 0 Å². The second-order valence-corrected chi connectivity index (χ2v) is 6.39. The molecule has 3 aromatic carbocycles. The van der Waals surface area contributed by atoms with Crippen LogP contribution >= 0.6 is 0 Å². The van der Waals surface area contributed by atoms with E-state index in [0.717, 1.165) is 11.5 Å². The molecule has 1 heteroatoms. The SMILES string of the molecule is Cc1ccc(C)cc1.Cc1ccc(Oc2cccc(C3=C[CH]3)c2)cc1. The van der Waals surface area contributed by atoms with E-state index in [1.54, 1.807) is 0 Å². The molecule has 3 aromatic rings. The van der Waals surface area contributed by atoms with E-state index in [4.69, 9.17) is 4.74 Å². The third kappa shape index (κ3) is 5.36. The van der Waals surface area contributed by atoms with E-state index in [0.29, 0.717) is 0 Å².